The van der Waals surface area contributed by atoms with Crippen LogP contribution in [0.2, 0.25) is 0 Å². The molecule has 1 aliphatic heterocycles. The van der Waals surface area contributed by atoms with Crippen LogP contribution in [0.4, 0.5) is 10.2 Å². The average molecular weight is 335 g/mol. The van der Waals surface area contributed by atoms with Gasteiger partial charge in [-0.05, 0) is 12.1 Å². The topological polar surface area (TPSA) is 38.2 Å². The van der Waals surface area contributed by atoms with Gasteiger partial charge in [0.15, 0.2) is 5.82 Å². The molecule has 0 radical (unpaired) electrons. The molecule has 25 heavy (non-hydrogen) atoms. The highest BCUT2D eigenvalue weighted by Crippen LogP contribution is 2.28. The second-order valence-corrected chi connectivity index (χ2v) is 5.88. The summed E-state index contributed by atoms with van der Waals surface area (Å²) in [4.78, 5) is 11.5. The van der Waals surface area contributed by atoms with Gasteiger partial charge in [0.1, 0.15) is 11.6 Å². The first-order valence-corrected chi connectivity index (χ1v) is 8.33. The molecule has 4 rings (SSSR count). The predicted octanol–water partition coefficient (Wildman–Crippen LogP) is 3.79. The van der Waals surface area contributed by atoms with Crippen LogP contribution in [0.1, 0.15) is 0 Å². The molecule has 126 valence electrons. The molecule has 0 amide bonds. The van der Waals surface area contributed by atoms with Crippen molar-refractivity contribution < 1.29 is 9.13 Å². The summed E-state index contributed by atoms with van der Waals surface area (Å²) in [5, 5.41) is 0. The molecule has 0 bridgehead atoms. The first-order chi connectivity index (χ1) is 12.3. The summed E-state index contributed by atoms with van der Waals surface area (Å²) in [5.41, 5.74) is 1.99. The molecule has 1 fully saturated rings. The molecule has 0 spiro atoms. The van der Waals surface area contributed by atoms with Gasteiger partial charge in [-0.2, -0.15) is 0 Å². The van der Waals surface area contributed by atoms with Gasteiger partial charge in [0.05, 0.1) is 18.9 Å². The molecule has 2 heterocycles. The van der Waals surface area contributed by atoms with Crippen molar-refractivity contribution in [3.63, 3.8) is 0 Å². The molecule has 1 aliphatic rings. The smallest absolute Gasteiger partial charge is 0.162 e. The molecule has 2 aromatic carbocycles. The molecule has 1 saturated heterocycles. The Morgan fingerprint density at radius 2 is 1.60 bits per heavy atom. The van der Waals surface area contributed by atoms with E-state index in [1.165, 1.54) is 6.07 Å². The fourth-order valence-corrected chi connectivity index (χ4v) is 2.91. The zero-order valence-electron chi connectivity index (χ0n) is 13.7. The van der Waals surface area contributed by atoms with Gasteiger partial charge in [0.2, 0.25) is 0 Å². The molecule has 3 aromatic rings. The Morgan fingerprint density at radius 3 is 2.36 bits per heavy atom. The molecule has 0 saturated carbocycles. The molecule has 0 unspecified atom stereocenters. The number of halogens is 1. The maximum Gasteiger partial charge on any atom is 0.162 e. The van der Waals surface area contributed by atoms with Gasteiger partial charge in [-0.3, -0.25) is 0 Å². The quantitative estimate of drug-likeness (QED) is 0.730. The normalized spacial score (nSPS) is 14.5. The van der Waals surface area contributed by atoms with E-state index < -0.39 is 0 Å². The lowest BCUT2D eigenvalue weighted by Crippen LogP contribution is -2.36. The Labute approximate surface area is 145 Å². The van der Waals surface area contributed by atoms with Crippen LogP contribution in [-0.4, -0.2) is 36.3 Å². The monoisotopic (exact) mass is 335 g/mol. The maximum absolute atomic E-state index is 14.3. The lowest BCUT2D eigenvalue weighted by molar-refractivity contribution is 0.122. The van der Waals surface area contributed by atoms with Crippen LogP contribution in [0.3, 0.4) is 0 Å². The number of aromatic nitrogens is 2. The van der Waals surface area contributed by atoms with Gasteiger partial charge in [-0.15, -0.1) is 0 Å². The van der Waals surface area contributed by atoms with E-state index in [4.69, 9.17) is 9.72 Å². The lowest BCUT2D eigenvalue weighted by atomic mass is 10.1. The first kappa shape index (κ1) is 15.7. The standard InChI is InChI=1S/C20H18FN3O/c21-17-9-5-4-8-16(17)18-14-19(24-10-12-25-13-11-24)23-20(22-18)15-6-2-1-3-7-15/h1-9,14H,10-13H2. The molecule has 0 aliphatic carbocycles. The summed E-state index contributed by atoms with van der Waals surface area (Å²) in [5.74, 6) is 1.12. The Kier molecular flexibility index (Phi) is 4.39. The summed E-state index contributed by atoms with van der Waals surface area (Å²) in [6.07, 6.45) is 0. The van der Waals surface area contributed by atoms with Crippen LogP contribution in [0.5, 0.6) is 0 Å². The molecule has 0 atom stereocenters. The summed E-state index contributed by atoms with van der Waals surface area (Å²) >= 11 is 0. The fourth-order valence-electron chi connectivity index (χ4n) is 2.91. The minimum atomic E-state index is -0.284. The van der Waals surface area contributed by atoms with Crippen LogP contribution < -0.4 is 4.90 Å². The highest BCUT2D eigenvalue weighted by Gasteiger charge is 2.17. The Hall–Kier alpha value is -2.79. The predicted molar refractivity (Wildman–Crippen MR) is 95.9 cm³/mol. The van der Waals surface area contributed by atoms with Gasteiger partial charge < -0.3 is 9.64 Å². The van der Waals surface area contributed by atoms with Crippen LogP contribution in [0.25, 0.3) is 22.6 Å². The minimum absolute atomic E-state index is 0.284. The summed E-state index contributed by atoms with van der Waals surface area (Å²) < 4.78 is 19.7. The number of benzene rings is 2. The highest BCUT2D eigenvalue weighted by molar-refractivity contribution is 5.68. The van der Waals surface area contributed by atoms with E-state index in [0.29, 0.717) is 30.3 Å². The molecular weight excluding hydrogens is 317 g/mol. The Bertz CT molecular complexity index is 864. The number of ether oxygens (including phenoxy) is 1. The van der Waals surface area contributed by atoms with Crippen molar-refractivity contribution in [1.29, 1.82) is 0 Å². The largest absolute Gasteiger partial charge is 0.378 e. The third kappa shape index (κ3) is 3.37. The van der Waals surface area contributed by atoms with E-state index in [0.717, 1.165) is 24.5 Å². The first-order valence-electron chi connectivity index (χ1n) is 8.33. The zero-order valence-corrected chi connectivity index (χ0v) is 13.7. The van der Waals surface area contributed by atoms with E-state index in [1.807, 2.05) is 42.5 Å². The van der Waals surface area contributed by atoms with Gasteiger partial charge in [0, 0.05) is 30.3 Å². The maximum atomic E-state index is 14.3. The fraction of sp³-hybridized carbons (Fsp3) is 0.200. The molecule has 5 heteroatoms. The third-order valence-corrected chi connectivity index (χ3v) is 4.23. The minimum Gasteiger partial charge on any atom is -0.378 e. The van der Waals surface area contributed by atoms with Crippen molar-refractivity contribution in [2.24, 2.45) is 0 Å². The van der Waals surface area contributed by atoms with E-state index >= 15 is 0 Å². The average Bonchev–Trinajstić information content (AvgIpc) is 2.69. The number of anilines is 1. The van der Waals surface area contributed by atoms with E-state index in [2.05, 4.69) is 9.88 Å². The number of hydrogen-bond donors (Lipinski definition) is 0. The van der Waals surface area contributed by atoms with Crippen molar-refractivity contribution in [2.75, 3.05) is 31.2 Å². The molecule has 4 nitrogen and oxygen atoms in total. The Balaban J connectivity index is 1.84. The number of rotatable bonds is 3. The van der Waals surface area contributed by atoms with Crippen LogP contribution >= 0.6 is 0 Å². The van der Waals surface area contributed by atoms with Gasteiger partial charge in [-0.25, -0.2) is 14.4 Å². The van der Waals surface area contributed by atoms with Gasteiger partial charge >= 0.3 is 0 Å². The van der Waals surface area contributed by atoms with Gasteiger partial charge in [-0.1, -0.05) is 42.5 Å². The van der Waals surface area contributed by atoms with E-state index in [-0.39, 0.29) is 5.82 Å². The van der Waals surface area contributed by atoms with Crippen molar-refractivity contribution in [1.82, 2.24) is 9.97 Å². The van der Waals surface area contributed by atoms with Crippen LogP contribution in [0, 0.1) is 5.82 Å². The van der Waals surface area contributed by atoms with E-state index in [9.17, 15) is 4.39 Å². The van der Waals surface area contributed by atoms with Crippen LogP contribution in [-0.2, 0) is 4.74 Å². The summed E-state index contributed by atoms with van der Waals surface area (Å²) in [6, 6.07) is 18.3. The SMILES string of the molecule is Fc1ccccc1-c1cc(N2CCOCC2)nc(-c2ccccc2)n1. The highest BCUT2D eigenvalue weighted by atomic mass is 19.1. The number of nitrogens with zero attached hydrogens (tertiary/aromatic N) is 3. The lowest BCUT2D eigenvalue weighted by Gasteiger charge is -2.28. The van der Waals surface area contributed by atoms with Gasteiger partial charge in [0.25, 0.3) is 0 Å². The van der Waals surface area contributed by atoms with E-state index in [1.54, 1.807) is 12.1 Å². The van der Waals surface area contributed by atoms with Crippen LogP contribution in [0.15, 0.2) is 60.7 Å². The molecular formula is C20H18FN3O. The van der Waals surface area contributed by atoms with Crippen molar-refractivity contribution in [3.8, 4) is 22.6 Å². The number of hydrogen-bond acceptors (Lipinski definition) is 4. The van der Waals surface area contributed by atoms with Crippen molar-refractivity contribution in [3.05, 3.63) is 66.5 Å². The van der Waals surface area contributed by atoms with Crippen molar-refractivity contribution >= 4 is 5.82 Å². The second kappa shape index (κ2) is 6.99. The molecule has 0 N–H and O–H groups in total. The van der Waals surface area contributed by atoms with Crippen molar-refractivity contribution in [2.45, 2.75) is 0 Å². The summed E-state index contributed by atoms with van der Waals surface area (Å²) in [7, 11) is 0. The summed E-state index contributed by atoms with van der Waals surface area (Å²) in [6.45, 7) is 2.86. The molecule has 1 aromatic heterocycles. The third-order valence-electron chi connectivity index (χ3n) is 4.23. The second-order valence-electron chi connectivity index (χ2n) is 5.88. The Morgan fingerprint density at radius 1 is 0.880 bits per heavy atom. The number of morpholine rings is 1. The zero-order chi connectivity index (χ0) is 17.1.